The lowest BCUT2D eigenvalue weighted by Gasteiger charge is -2.31. The van der Waals surface area contributed by atoms with Gasteiger partial charge in [0, 0.05) is 19.5 Å². The Kier molecular flexibility index (Phi) is 4.26. The first-order chi connectivity index (χ1) is 9.93. The molecule has 6 heteroatoms. The van der Waals surface area contributed by atoms with E-state index in [-0.39, 0.29) is 24.8 Å². The van der Waals surface area contributed by atoms with Gasteiger partial charge in [-0.3, -0.25) is 14.4 Å². The van der Waals surface area contributed by atoms with Gasteiger partial charge in [0.15, 0.2) is 0 Å². The van der Waals surface area contributed by atoms with Crippen molar-refractivity contribution in [3.05, 3.63) is 35.9 Å². The minimum Gasteiger partial charge on any atom is -0.481 e. The summed E-state index contributed by atoms with van der Waals surface area (Å²) in [6.45, 7) is 2.34. The number of benzene rings is 1. The molecule has 0 bridgehead atoms. The normalized spacial score (nSPS) is 17.8. The van der Waals surface area contributed by atoms with Gasteiger partial charge in [-0.25, -0.2) is 0 Å². The summed E-state index contributed by atoms with van der Waals surface area (Å²) in [5, 5.41) is 12.2. The van der Waals surface area contributed by atoms with Crippen molar-refractivity contribution in [2.24, 2.45) is 0 Å². The number of carboxylic acid groups (broad SMARTS) is 1. The fraction of sp³-hybridized carbons (Fsp3) is 0.400. The molecule has 0 saturated carbocycles. The fourth-order valence-electron chi connectivity index (χ4n) is 2.37. The second-order valence-corrected chi connectivity index (χ2v) is 5.35. The average Bonchev–Trinajstić information content (AvgIpc) is 2.47. The zero-order valence-electron chi connectivity index (χ0n) is 11.8. The maximum atomic E-state index is 12.3. The molecule has 21 heavy (non-hydrogen) atoms. The number of hydrogen-bond donors (Lipinski definition) is 2. The molecule has 1 heterocycles. The van der Waals surface area contributed by atoms with E-state index in [0.29, 0.717) is 18.7 Å². The first kappa shape index (κ1) is 15.0. The first-order valence-electron chi connectivity index (χ1n) is 6.77. The lowest BCUT2D eigenvalue weighted by Crippen LogP contribution is -2.51. The molecular formula is C15H18N2O4. The molecule has 0 spiro atoms. The van der Waals surface area contributed by atoms with Crippen molar-refractivity contribution in [3.63, 3.8) is 0 Å². The largest absolute Gasteiger partial charge is 0.481 e. The number of piperazine rings is 1. The van der Waals surface area contributed by atoms with Crippen molar-refractivity contribution in [1.82, 2.24) is 10.2 Å². The van der Waals surface area contributed by atoms with Gasteiger partial charge in [-0.15, -0.1) is 0 Å². The lowest BCUT2D eigenvalue weighted by molar-refractivity contribution is -0.148. The Hall–Kier alpha value is -2.37. The molecular weight excluding hydrogens is 272 g/mol. The van der Waals surface area contributed by atoms with Gasteiger partial charge < -0.3 is 15.3 Å². The fourth-order valence-corrected chi connectivity index (χ4v) is 2.37. The SMILES string of the molecule is CC(CC(=O)N1CCNC(=O)C1)(C(=O)O)c1ccccc1. The van der Waals surface area contributed by atoms with E-state index >= 15 is 0 Å². The van der Waals surface area contributed by atoms with E-state index in [2.05, 4.69) is 5.32 Å². The minimum absolute atomic E-state index is 0.0106. The van der Waals surface area contributed by atoms with Crippen LogP contribution < -0.4 is 5.32 Å². The highest BCUT2D eigenvalue weighted by Gasteiger charge is 2.39. The second kappa shape index (κ2) is 5.95. The number of hydrogen-bond acceptors (Lipinski definition) is 3. The Balaban J connectivity index is 2.18. The van der Waals surface area contributed by atoms with Crippen LogP contribution in [-0.2, 0) is 19.8 Å². The summed E-state index contributed by atoms with van der Waals surface area (Å²) < 4.78 is 0. The monoisotopic (exact) mass is 290 g/mol. The molecule has 2 N–H and O–H groups in total. The Morgan fingerprint density at radius 3 is 2.57 bits per heavy atom. The Labute approximate surface area is 122 Å². The van der Waals surface area contributed by atoms with Gasteiger partial charge >= 0.3 is 5.97 Å². The van der Waals surface area contributed by atoms with Gasteiger partial charge in [0.25, 0.3) is 0 Å². The summed E-state index contributed by atoms with van der Waals surface area (Å²) in [4.78, 5) is 36.7. The van der Waals surface area contributed by atoms with Crippen LogP contribution in [0.4, 0.5) is 0 Å². The predicted molar refractivity (Wildman–Crippen MR) is 75.6 cm³/mol. The number of aliphatic carboxylic acids is 1. The highest BCUT2D eigenvalue weighted by atomic mass is 16.4. The summed E-state index contributed by atoms with van der Waals surface area (Å²) in [5.41, 5.74) is -0.723. The van der Waals surface area contributed by atoms with Crippen molar-refractivity contribution < 1.29 is 19.5 Å². The van der Waals surface area contributed by atoms with E-state index in [4.69, 9.17) is 0 Å². The average molecular weight is 290 g/mol. The van der Waals surface area contributed by atoms with Crippen molar-refractivity contribution in [1.29, 1.82) is 0 Å². The molecule has 2 amide bonds. The molecule has 1 aromatic rings. The van der Waals surface area contributed by atoms with Gasteiger partial charge in [-0.1, -0.05) is 30.3 Å². The molecule has 0 aromatic heterocycles. The number of carbonyl (C=O) groups is 3. The van der Waals surface area contributed by atoms with Crippen LogP contribution in [-0.4, -0.2) is 47.4 Å². The third-order valence-corrected chi connectivity index (χ3v) is 3.78. The van der Waals surface area contributed by atoms with E-state index in [1.54, 1.807) is 30.3 Å². The Bertz CT molecular complexity index is 558. The number of rotatable bonds is 4. The maximum Gasteiger partial charge on any atom is 0.314 e. The molecule has 1 aliphatic rings. The summed E-state index contributed by atoms with van der Waals surface area (Å²) in [7, 11) is 0. The quantitative estimate of drug-likeness (QED) is 0.839. The van der Waals surface area contributed by atoms with Crippen LogP contribution >= 0.6 is 0 Å². The molecule has 1 atom stereocenters. The van der Waals surface area contributed by atoms with Crippen LogP contribution in [0, 0.1) is 0 Å². The number of amides is 2. The summed E-state index contributed by atoms with van der Waals surface area (Å²) in [6.07, 6.45) is -0.167. The highest BCUT2D eigenvalue weighted by molar-refractivity contribution is 5.91. The van der Waals surface area contributed by atoms with Gasteiger partial charge in [-0.2, -0.15) is 0 Å². The molecule has 6 nitrogen and oxygen atoms in total. The van der Waals surface area contributed by atoms with Crippen molar-refractivity contribution in [2.75, 3.05) is 19.6 Å². The van der Waals surface area contributed by atoms with E-state index < -0.39 is 11.4 Å². The van der Waals surface area contributed by atoms with E-state index in [9.17, 15) is 19.5 Å². The molecule has 1 aromatic carbocycles. The molecule has 1 fully saturated rings. The van der Waals surface area contributed by atoms with Gasteiger partial charge in [0.1, 0.15) is 0 Å². The Morgan fingerprint density at radius 2 is 2.00 bits per heavy atom. The van der Waals surface area contributed by atoms with Crippen LogP contribution in [0.2, 0.25) is 0 Å². The zero-order valence-corrected chi connectivity index (χ0v) is 11.8. The lowest BCUT2D eigenvalue weighted by atomic mass is 9.79. The molecule has 1 unspecified atom stereocenters. The zero-order chi connectivity index (χ0) is 15.5. The summed E-state index contributed by atoms with van der Waals surface area (Å²) >= 11 is 0. The maximum absolute atomic E-state index is 12.3. The second-order valence-electron chi connectivity index (χ2n) is 5.35. The van der Waals surface area contributed by atoms with Gasteiger partial charge in [0.2, 0.25) is 11.8 Å². The van der Waals surface area contributed by atoms with Crippen LogP contribution in [0.5, 0.6) is 0 Å². The molecule has 112 valence electrons. The number of carbonyl (C=O) groups excluding carboxylic acids is 2. The van der Waals surface area contributed by atoms with Gasteiger partial charge in [-0.05, 0) is 12.5 Å². The molecule has 0 aliphatic carbocycles. The third-order valence-electron chi connectivity index (χ3n) is 3.78. The van der Waals surface area contributed by atoms with Crippen LogP contribution in [0.1, 0.15) is 18.9 Å². The Morgan fingerprint density at radius 1 is 1.33 bits per heavy atom. The van der Waals surface area contributed by atoms with E-state index in [0.717, 1.165) is 0 Å². The third kappa shape index (κ3) is 3.21. The first-order valence-corrected chi connectivity index (χ1v) is 6.77. The van der Waals surface area contributed by atoms with Crippen LogP contribution in [0.15, 0.2) is 30.3 Å². The van der Waals surface area contributed by atoms with Crippen LogP contribution in [0.25, 0.3) is 0 Å². The molecule has 2 rings (SSSR count). The highest BCUT2D eigenvalue weighted by Crippen LogP contribution is 2.29. The summed E-state index contributed by atoms with van der Waals surface area (Å²) in [6, 6.07) is 8.68. The minimum atomic E-state index is -1.30. The smallest absolute Gasteiger partial charge is 0.314 e. The number of nitrogens with one attached hydrogen (secondary N) is 1. The van der Waals surface area contributed by atoms with Crippen molar-refractivity contribution in [3.8, 4) is 0 Å². The van der Waals surface area contributed by atoms with Crippen molar-refractivity contribution in [2.45, 2.75) is 18.8 Å². The van der Waals surface area contributed by atoms with Crippen molar-refractivity contribution >= 4 is 17.8 Å². The topological polar surface area (TPSA) is 86.7 Å². The molecule has 1 aliphatic heterocycles. The molecule has 0 radical (unpaired) electrons. The van der Waals surface area contributed by atoms with Gasteiger partial charge in [0.05, 0.1) is 12.0 Å². The summed E-state index contributed by atoms with van der Waals surface area (Å²) in [5.74, 6) is -1.59. The molecule has 1 saturated heterocycles. The number of nitrogens with zero attached hydrogens (tertiary/aromatic N) is 1. The predicted octanol–water partition coefficient (Wildman–Crippen LogP) is 0.377. The van der Waals surface area contributed by atoms with E-state index in [1.165, 1.54) is 11.8 Å². The number of carboxylic acids is 1. The van der Waals surface area contributed by atoms with Crippen LogP contribution in [0.3, 0.4) is 0 Å². The van der Waals surface area contributed by atoms with E-state index in [1.807, 2.05) is 0 Å². The standard InChI is InChI=1S/C15H18N2O4/c1-15(14(20)21,11-5-3-2-4-6-11)9-13(19)17-8-7-16-12(18)10-17/h2-6H,7-10H2,1H3,(H,16,18)(H,20,21).